The quantitative estimate of drug-likeness (QED) is 0.342. The van der Waals surface area contributed by atoms with Crippen LogP contribution < -0.4 is 5.32 Å². The first-order valence-electron chi connectivity index (χ1n) is 9.94. The molecule has 0 saturated heterocycles. The Hall–Kier alpha value is -3.65. The highest BCUT2D eigenvalue weighted by atomic mass is 35.5. The second-order valence-corrected chi connectivity index (χ2v) is 7.60. The predicted octanol–water partition coefficient (Wildman–Crippen LogP) is 6.65. The van der Waals surface area contributed by atoms with E-state index in [0.717, 1.165) is 34.9 Å². The monoisotopic (exact) mass is 471 g/mol. The van der Waals surface area contributed by atoms with Gasteiger partial charge in [0.15, 0.2) is 0 Å². The van der Waals surface area contributed by atoms with E-state index in [1.165, 1.54) is 0 Å². The SMILES string of the molecule is O=C(CCc1nc(-c2ccc(-c3ccccc3)cc2)no1)Nc1cc(C(F)(F)F)ccc1Cl. The zero-order valence-electron chi connectivity index (χ0n) is 17.1. The maximum absolute atomic E-state index is 12.9. The number of carbonyl (C=O) groups is 1. The van der Waals surface area contributed by atoms with Gasteiger partial charge in [0.1, 0.15) is 0 Å². The van der Waals surface area contributed by atoms with Crippen LogP contribution in [0.3, 0.4) is 0 Å². The first-order valence-corrected chi connectivity index (χ1v) is 10.3. The van der Waals surface area contributed by atoms with Crippen LogP contribution in [0.5, 0.6) is 0 Å². The van der Waals surface area contributed by atoms with Crippen molar-refractivity contribution in [2.75, 3.05) is 5.32 Å². The highest BCUT2D eigenvalue weighted by molar-refractivity contribution is 6.33. The van der Waals surface area contributed by atoms with E-state index < -0.39 is 17.6 Å². The van der Waals surface area contributed by atoms with Gasteiger partial charge < -0.3 is 9.84 Å². The molecule has 4 rings (SSSR count). The number of aromatic nitrogens is 2. The van der Waals surface area contributed by atoms with Crippen LogP contribution in [0.25, 0.3) is 22.5 Å². The second-order valence-electron chi connectivity index (χ2n) is 7.20. The van der Waals surface area contributed by atoms with Crippen molar-refractivity contribution in [2.24, 2.45) is 0 Å². The Balaban J connectivity index is 1.37. The van der Waals surface area contributed by atoms with Crippen LogP contribution >= 0.6 is 11.6 Å². The second kappa shape index (κ2) is 9.46. The Morgan fingerprint density at radius 3 is 2.30 bits per heavy atom. The number of nitrogens with one attached hydrogen (secondary N) is 1. The molecule has 1 heterocycles. The fraction of sp³-hybridized carbons (Fsp3) is 0.125. The lowest BCUT2D eigenvalue weighted by molar-refractivity contribution is -0.137. The van der Waals surface area contributed by atoms with Gasteiger partial charge in [-0.2, -0.15) is 18.2 Å². The minimum Gasteiger partial charge on any atom is -0.339 e. The summed E-state index contributed by atoms with van der Waals surface area (Å²) in [7, 11) is 0. The normalized spacial score (nSPS) is 11.4. The number of anilines is 1. The number of nitrogens with zero attached hydrogens (tertiary/aromatic N) is 2. The summed E-state index contributed by atoms with van der Waals surface area (Å²) in [5.74, 6) is 0.0940. The van der Waals surface area contributed by atoms with Gasteiger partial charge in [-0.25, -0.2) is 0 Å². The van der Waals surface area contributed by atoms with Crippen molar-refractivity contribution in [3.63, 3.8) is 0 Å². The fourth-order valence-corrected chi connectivity index (χ4v) is 3.31. The Kier molecular flexibility index (Phi) is 6.46. The number of benzene rings is 3. The van der Waals surface area contributed by atoms with Crippen LogP contribution in [-0.2, 0) is 17.4 Å². The van der Waals surface area contributed by atoms with Gasteiger partial charge in [0, 0.05) is 18.4 Å². The van der Waals surface area contributed by atoms with Crippen molar-refractivity contribution in [3.8, 4) is 22.5 Å². The molecule has 0 aliphatic carbocycles. The molecule has 0 spiro atoms. The number of hydrogen-bond acceptors (Lipinski definition) is 4. The average Bonchev–Trinajstić information content (AvgIpc) is 3.28. The van der Waals surface area contributed by atoms with Gasteiger partial charge in [-0.1, -0.05) is 71.4 Å². The number of alkyl halides is 3. The van der Waals surface area contributed by atoms with Gasteiger partial charge in [0.25, 0.3) is 0 Å². The molecular weight excluding hydrogens is 455 g/mol. The molecule has 1 aromatic heterocycles. The lowest BCUT2D eigenvalue weighted by Crippen LogP contribution is -2.14. The summed E-state index contributed by atoms with van der Waals surface area (Å²) in [5.41, 5.74) is 1.88. The van der Waals surface area contributed by atoms with Gasteiger partial charge in [0.05, 0.1) is 16.3 Å². The van der Waals surface area contributed by atoms with Crippen molar-refractivity contribution >= 4 is 23.2 Å². The molecule has 5 nitrogen and oxygen atoms in total. The Labute approximate surface area is 192 Å². The summed E-state index contributed by atoms with van der Waals surface area (Å²) in [6, 6.07) is 20.3. The molecule has 1 N–H and O–H groups in total. The van der Waals surface area contributed by atoms with E-state index in [9.17, 15) is 18.0 Å². The van der Waals surface area contributed by atoms with Crippen molar-refractivity contribution < 1.29 is 22.5 Å². The molecule has 1 amide bonds. The Morgan fingerprint density at radius 1 is 0.939 bits per heavy atom. The fourth-order valence-electron chi connectivity index (χ4n) is 3.15. The molecule has 0 atom stereocenters. The van der Waals surface area contributed by atoms with Crippen LogP contribution in [0.15, 0.2) is 77.3 Å². The van der Waals surface area contributed by atoms with E-state index in [2.05, 4.69) is 15.5 Å². The number of carbonyl (C=O) groups excluding carboxylic acids is 1. The Bertz CT molecular complexity index is 1260. The van der Waals surface area contributed by atoms with E-state index >= 15 is 0 Å². The van der Waals surface area contributed by atoms with Gasteiger partial charge in [-0.15, -0.1) is 0 Å². The van der Waals surface area contributed by atoms with Crippen molar-refractivity contribution in [1.82, 2.24) is 10.1 Å². The van der Waals surface area contributed by atoms with Crippen molar-refractivity contribution in [2.45, 2.75) is 19.0 Å². The van der Waals surface area contributed by atoms with Crippen LogP contribution in [0.4, 0.5) is 18.9 Å². The predicted molar refractivity (Wildman–Crippen MR) is 119 cm³/mol. The first-order chi connectivity index (χ1) is 15.8. The minimum absolute atomic E-state index is 0.00961. The topological polar surface area (TPSA) is 68.0 Å². The third kappa shape index (κ3) is 5.59. The molecule has 0 radical (unpaired) electrons. The van der Waals surface area contributed by atoms with Crippen LogP contribution in [0.1, 0.15) is 17.9 Å². The van der Waals surface area contributed by atoms with E-state index in [1.807, 2.05) is 54.6 Å². The third-order valence-electron chi connectivity index (χ3n) is 4.85. The number of rotatable bonds is 6. The molecule has 33 heavy (non-hydrogen) atoms. The molecule has 4 aromatic rings. The summed E-state index contributed by atoms with van der Waals surface area (Å²) < 4.78 is 43.8. The summed E-state index contributed by atoms with van der Waals surface area (Å²) in [6.45, 7) is 0. The zero-order valence-corrected chi connectivity index (χ0v) is 17.8. The molecule has 9 heteroatoms. The molecule has 3 aromatic carbocycles. The molecule has 168 valence electrons. The number of amides is 1. The highest BCUT2D eigenvalue weighted by Crippen LogP contribution is 2.34. The standard InChI is InChI=1S/C24H17ClF3N3O2/c25-19-11-10-18(24(26,27)28)14-20(19)29-21(32)12-13-22-30-23(31-33-22)17-8-6-16(7-9-17)15-4-2-1-3-5-15/h1-11,14H,12-13H2,(H,29,32). The van der Waals surface area contributed by atoms with Crippen LogP contribution in [0, 0.1) is 0 Å². The van der Waals surface area contributed by atoms with E-state index in [-0.39, 0.29) is 29.4 Å². The smallest absolute Gasteiger partial charge is 0.339 e. The molecule has 0 fully saturated rings. The van der Waals surface area contributed by atoms with Crippen molar-refractivity contribution in [3.05, 3.63) is 89.3 Å². The van der Waals surface area contributed by atoms with E-state index in [0.29, 0.717) is 5.82 Å². The summed E-state index contributed by atoms with van der Waals surface area (Å²) in [6.07, 6.45) is -4.48. The number of halogens is 4. The molecule has 0 aliphatic rings. The summed E-state index contributed by atoms with van der Waals surface area (Å²) in [4.78, 5) is 16.5. The lowest BCUT2D eigenvalue weighted by atomic mass is 10.0. The number of aryl methyl sites for hydroxylation is 1. The zero-order chi connectivity index (χ0) is 23.4. The largest absolute Gasteiger partial charge is 0.416 e. The molecular formula is C24H17ClF3N3O2. The molecule has 0 bridgehead atoms. The summed E-state index contributed by atoms with van der Waals surface area (Å²) >= 11 is 5.91. The summed E-state index contributed by atoms with van der Waals surface area (Å²) in [5, 5.41) is 6.34. The Morgan fingerprint density at radius 2 is 1.61 bits per heavy atom. The van der Waals surface area contributed by atoms with Crippen LogP contribution in [0.2, 0.25) is 5.02 Å². The first kappa shape index (κ1) is 22.5. The highest BCUT2D eigenvalue weighted by Gasteiger charge is 2.31. The number of hydrogen-bond donors (Lipinski definition) is 1. The molecule has 0 unspecified atom stereocenters. The maximum atomic E-state index is 12.9. The van der Waals surface area contributed by atoms with Gasteiger partial charge in [0.2, 0.25) is 17.6 Å². The van der Waals surface area contributed by atoms with Gasteiger partial charge in [-0.05, 0) is 29.3 Å². The van der Waals surface area contributed by atoms with Crippen LogP contribution in [-0.4, -0.2) is 16.0 Å². The molecule has 0 saturated carbocycles. The van der Waals surface area contributed by atoms with E-state index in [1.54, 1.807) is 0 Å². The maximum Gasteiger partial charge on any atom is 0.416 e. The van der Waals surface area contributed by atoms with Crippen molar-refractivity contribution in [1.29, 1.82) is 0 Å². The van der Waals surface area contributed by atoms with Gasteiger partial charge >= 0.3 is 6.18 Å². The average molecular weight is 472 g/mol. The molecule has 0 aliphatic heterocycles. The lowest BCUT2D eigenvalue weighted by Gasteiger charge is -2.11. The minimum atomic E-state index is -4.54. The van der Waals surface area contributed by atoms with Gasteiger partial charge in [-0.3, -0.25) is 4.79 Å². The third-order valence-corrected chi connectivity index (χ3v) is 5.18. The van der Waals surface area contributed by atoms with E-state index in [4.69, 9.17) is 16.1 Å².